The van der Waals surface area contributed by atoms with Crippen LogP contribution in [-0.2, 0) is 38.6 Å². The summed E-state index contributed by atoms with van der Waals surface area (Å²) in [4.78, 5) is 40.0. The van der Waals surface area contributed by atoms with Gasteiger partial charge in [-0.25, -0.2) is 13.2 Å². The number of piperidine rings is 1. The lowest BCUT2D eigenvalue weighted by Gasteiger charge is -2.34. The fourth-order valence-electron chi connectivity index (χ4n) is 6.77. The van der Waals surface area contributed by atoms with Gasteiger partial charge in [0.05, 0.1) is 17.1 Å². The van der Waals surface area contributed by atoms with Crippen molar-refractivity contribution >= 4 is 32.9 Å². The van der Waals surface area contributed by atoms with Gasteiger partial charge in [-0.15, -0.1) is 0 Å². The SMILES string of the molecule is CC(C)(C)c1cc2cn(-c3ccc(CNC(=O)CCN=C(N)N)cc3)c(=O)nc2[nH]1.CC(C)(C)c1ccc(S(=O)(=O)N(CCCc2cccnc2)C2CCNCC2)cc1. The molecular weight excluding hydrogens is 765 g/mol. The molecule has 1 aliphatic heterocycles. The van der Waals surface area contributed by atoms with Crippen LogP contribution in [-0.4, -0.2) is 76.3 Å². The van der Waals surface area contributed by atoms with Crippen LogP contribution in [0, 0.1) is 0 Å². The molecule has 6 rings (SSSR count). The van der Waals surface area contributed by atoms with Gasteiger partial charge >= 0.3 is 5.69 Å². The van der Waals surface area contributed by atoms with Gasteiger partial charge in [-0.1, -0.05) is 71.9 Å². The average molecular weight is 825 g/mol. The molecule has 59 heavy (non-hydrogen) atoms. The highest BCUT2D eigenvalue weighted by Gasteiger charge is 2.32. The van der Waals surface area contributed by atoms with Crippen molar-refractivity contribution < 1.29 is 13.2 Å². The number of aromatic nitrogens is 4. The summed E-state index contributed by atoms with van der Waals surface area (Å²) in [5.41, 5.74) is 15.5. The van der Waals surface area contributed by atoms with E-state index in [4.69, 9.17) is 11.5 Å². The van der Waals surface area contributed by atoms with Gasteiger partial charge in [0.15, 0.2) is 5.96 Å². The van der Waals surface area contributed by atoms with Crippen LogP contribution in [0.4, 0.5) is 0 Å². The van der Waals surface area contributed by atoms with Crippen LogP contribution in [0.2, 0.25) is 0 Å². The molecule has 0 spiro atoms. The van der Waals surface area contributed by atoms with Crippen LogP contribution in [0.1, 0.15) is 89.6 Å². The van der Waals surface area contributed by atoms with Gasteiger partial charge in [-0.2, -0.15) is 9.29 Å². The van der Waals surface area contributed by atoms with E-state index in [-0.39, 0.29) is 47.4 Å². The Kier molecular flexibility index (Phi) is 14.8. The molecule has 3 aromatic heterocycles. The van der Waals surface area contributed by atoms with Gasteiger partial charge in [0.25, 0.3) is 0 Å². The Morgan fingerprint density at radius 1 is 0.966 bits per heavy atom. The van der Waals surface area contributed by atoms with E-state index in [1.807, 2.05) is 60.8 Å². The van der Waals surface area contributed by atoms with E-state index >= 15 is 0 Å². The van der Waals surface area contributed by atoms with E-state index < -0.39 is 10.0 Å². The number of carbonyl (C=O) groups is 1. The zero-order valence-corrected chi connectivity index (χ0v) is 36.0. The van der Waals surface area contributed by atoms with Crippen molar-refractivity contribution in [3.05, 3.63) is 118 Å². The van der Waals surface area contributed by atoms with Crippen LogP contribution in [0.5, 0.6) is 0 Å². The summed E-state index contributed by atoms with van der Waals surface area (Å²) < 4.78 is 30.3. The summed E-state index contributed by atoms with van der Waals surface area (Å²) >= 11 is 0. The summed E-state index contributed by atoms with van der Waals surface area (Å²) in [6, 6.07) is 20.8. The van der Waals surface area contributed by atoms with E-state index in [1.165, 1.54) is 4.57 Å². The topological polar surface area (TPSA) is 206 Å². The molecule has 1 fully saturated rings. The molecule has 2 aromatic carbocycles. The van der Waals surface area contributed by atoms with Crippen LogP contribution in [0.25, 0.3) is 16.7 Å². The number of aliphatic imine (C=N–C) groups is 1. The molecule has 0 radical (unpaired) electrons. The maximum atomic E-state index is 13.5. The summed E-state index contributed by atoms with van der Waals surface area (Å²) in [7, 11) is -3.53. The number of aryl methyl sites for hydroxylation is 1. The van der Waals surface area contributed by atoms with Gasteiger partial charge in [0, 0.05) is 60.6 Å². The Bertz CT molecular complexity index is 2330. The molecule has 4 heterocycles. The molecule has 1 amide bonds. The summed E-state index contributed by atoms with van der Waals surface area (Å²) in [5.74, 6) is -0.173. The lowest BCUT2D eigenvalue weighted by molar-refractivity contribution is -0.121. The number of pyridine rings is 1. The van der Waals surface area contributed by atoms with E-state index in [1.54, 1.807) is 28.8 Å². The standard InChI is InChI=1S/C23H33N3O2S.C21H27N7O2/c1-23(2,3)20-8-10-22(11-9-20)29(27,28)26(21-12-15-24-16-13-21)17-5-7-19-6-4-14-25-18-19;1-21(2,3)16-10-14-12-28(20(30)27-18(14)26-16)15-6-4-13(5-7-15)11-25-17(29)8-9-24-19(22)23/h4,6,8-11,14,18,21,24H,5,7,12-13,15-17H2,1-3H3;4-7,10,12H,8-9,11H2,1-3H3,(H,25,29)(H4,22,23,24)(H,26,27,30). The highest BCUT2D eigenvalue weighted by atomic mass is 32.2. The molecule has 0 unspecified atom stereocenters. The molecule has 0 atom stereocenters. The number of H-pyrrole nitrogens is 1. The largest absolute Gasteiger partial charge is 0.370 e. The predicted octanol–water partition coefficient (Wildman–Crippen LogP) is 5.05. The lowest BCUT2D eigenvalue weighted by Crippen LogP contribution is -2.46. The number of benzene rings is 2. The van der Waals surface area contributed by atoms with Gasteiger partial charge in [-0.3, -0.25) is 19.3 Å². The molecular formula is C44H60N10O4S. The number of guanidine groups is 1. The van der Waals surface area contributed by atoms with E-state index in [0.717, 1.165) is 66.5 Å². The first-order valence-electron chi connectivity index (χ1n) is 20.2. The predicted molar refractivity (Wildman–Crippen MR) is 235 cm³/mol. The molecule has 15 heteroatoms. The van der Waals surface area contributed by atoms with Crippen molar-refractivity contribution in [2.75, 3.05) is 26.2 Å². The van der Waals surface area contributed by atoms with E-state index in [0.29, 0.717) is 29.3 Å². The summed E-state index contributed by atoms with van der Waals surface area (Å²) in [6.07, 6.45) is 8.94. The molecule has 5 aromatic rings. The molecule has 7 N–H and O–H groups in total. The fraction of sp³-hybridized carbons (Fsp3) is 0.432. The number of nitrogens with one attached hydrogen (secondary N) is 3. The molecule has 1 saturated heterocycles. The zero-order chi connectivity index (χ0) is 42.8. The molecule has 316 valence electrons. The minimum Gasteiger partial charge on any atom is -0.370 e. The van der Waals surface area contributed by atoms with Crippen LogP contribution in [0.3, 0.4) is 0 Å². The second-order valence-corrected chi connectivity index (χ2v) is 18.9. The smallest absolute Gasteiger partial charge is 0.354 e. The summed E-state index contributed by atoms with van der Waals surface area (Å²) in [5, 5.41) is 7.02. The third-order valence-corrected chi connectivity index (χ3v) is 12.2. The van der Waals surface area contributed by atoms with Crippen LogP contribution < -0.4 is 27.8 Å². The average Bonchev–Trinajstić information content (AvgIpc) is 3.63. The van der Waals surface area contributed by atoms with Crippen molar-refractivity contribution in [3.63, 3.8) is 0 Å². The number of nitrogens with two attached hydrogens (primary N) is 2. The number of sulfonamides is 1. The number of nitrogens with zero attached hydrogens (tertiary/aromatic N) is 5. The second kappa shape index (κ2) is 19.6. The van der Waals surface area contributed by atoms with Crippen molar-refractivity contribution in [1.29, 1.82) is 0 Å². The Balaban J connectivity index is 0.000000224. The fourth-order valence-corrected chi connectivity index (χ4v) is 8.50. The van der Waals surface area contributed by atoms with Gasteiger partial charge < -0.3 is 27.1 Å². The molecule has 14 nitrogen and oxygen atoms in total. The zero-order valence-electron chi connectivity index (χ0n) is 35.2. The van der Waals surface area contributed by atoms with E-state index in [2.05, 4.69) is 72.1 Å². The monoisotopic (exact) mass is 824 g/mol. The highest BCUT2D eigenvalue weighted by molar-refractivity contribution is 7.89. The van der Waals surface area contributed by atoms with Gasteiger partial charge in [0.2, 0.25) is 15.9 Å². The number of carbonyl (C=O) groups excluding carboxylic acids is 1. The Hall–Kier alpha value is -5.38. The highest BCUT2D eigenvalue weighted by Crippen LogP contribution is 2.28. The minimum absolute atomic E-state index is 0.000731. The number of aromatic amines is 1. The Morgan fingerprint density at radius 2 is 1.66 bits per heavy atom. The normalized spacial score (nSPS) is 13.8. The van der Waals surface area contributed by atoms with Gasteiger partial charge in [-0.05, 0) is 97.3 Å². The maximum absolute atomic E-state index is 13.5. The number of hydrogen-bond acceptors (Lipinski definition) is 8. The number of rotatable bonds is 13. The summed E-state index contributed by atoms with van der Waals surface area (Å²) in [6.45, 7) is 15.6. The van der Waals surface area contributed by atoms with Crippen molar-refractivity contribution in [2.24, 2.45) is 16.5 Å². The lowest BCUT2D eigenvalue weighted by atomic mass is 9.87. The van der Waals surface area contributed by atoms with Crippen LogP contribution in [0.15, 0.2) is 100 Å². The minimum atomic E-state index is -3.53. The number of amides is 1. The van der Waals surface area contributed by atoms with E-state index in [9.17, 15) is 18.0 Å². The van der Waals surface area contributed by atoms with Crippen LogP contribution >= 0.6 is 0 Å². The first kappa shape index (κ1) is 44.7. The number of hydrogen-bond donors (Lipinski definition) is 5. The molecule has 0 aliphatic carbocycles. The second-order valence-electron chi connectivity index (χ2n) is 17.0. The first-order valence-corrected chi connectivity index (χ1v) is 21.6. The van der Waals surface area contributed by atoms with Crippen molar-refractivity contribution in [3.8, 4) is 5.69 Å². The molecule has 0 saturated carbocycles. The van der Waals surface area contributed by atoms with Gasteiger partial charge in [0.1, 0.15) is 5.65 Å². The first-order chi connectivity index (χ1) is 27.9. The third kappa shape index (κ3) is 12.6. The Morgan fingerprint density at radius 3 is 2.27 bits per heavy atom. The quantitative estimate of drug-likeness (QED) is 0.0795. The van der Waals surface area contributed by atoms with Crippen molar-refractivity contribution in [2.45, 2.75) is 102 Å². The Labute approximate surface area is 348 Å². The maximum Gasteiger partial charge on any atom is 0.354 e. The molecule has 0 bridgehead atoms. The van der Waals surface area contributed by atoms with Crippen molar-refractivity contribution in [1.82, 2.24) is 34.5 Å². The molecule has 1 aliphatic rings. The number of fused-ring (bicyclic) bond motifs is 1. The third-order valence-electron chi connectivity index (χ3n) is 10.3.